The lowest BCUT2D eigenvalue weighted by atomic mass is 10.1. The van der Waals surface area contributed by atoms with Crippen molar-refractivity contribution in [1.29, 1.82) is 0 Å². The standard InChI is InChI=1S/C13H18F3NO3S/c1-8(2)11(7-18)17-21(19,20)12-6-4-5-10(9(12)3)13(14,15)16/h4-6,8,11,17-18H,7H2,1-3H3. The van der Waals surface area contributed by atoms with Crippen LogP contribution in [0, 0.1) is 12.8 Å². The second-order valence-electron chi connectivity index (χ2n) is 5.08. The van der Waals surface area contributed by atoms with E-state index < -0.39 is 39.3 Å². The Balaban J connectivity index is 3.27. The van der Waals surface area contributed by atoms with Crippen LogP contribution in [0.3, 0.4) is 0 Å². The van der Waals surface area contributed by atoms with E-state index in [1.807, 2.05) is 0 Å². The summed E-state index contributed by atoms with van der Waals surface area (Å²) in [6.45, 7) is 4.07. The molecule has 0 aliphatic rings. The van der Waals surface area contributed by atoms with Crippen molar-refractivity contribution in [3.05, 3.63) is 29.3 Å². The molecule has 0 radical (unpaired) electrons. The van der Waals surface area contributed by atoms with E-state index in [9.17, 15) is 21.6 Å². The molecule has 1 unspecified atom stereocenters. The van der Waals surface area contributed by atoms with Gasteiger partial charge in [0, 0.05) is 6.04 Å². The fourth-order valence-corrected chi connectivity index (χ4v) is 3.50. The Labute approximate surface area is 122 Å². The molecule has 0 saturated heterocycles. The zero-order chi connectivity index (χ0) is 16.4. The summed E-state index contributed by atoms with van der Waals surface area (Å²) < 4.78 is 65.1. The van der Waals surface area contributed by atoms with E-state index in [0.717, 1.165) is 25.1 Å². The van der Waals surface area contributed by atoms with Gasteiger partial charge in [-0.15, -0.1) is 0 Å². The average molecular weight is 325 g/mol. The number of sulfonamides is 1. The fourth-order valence-electron chi connectivity index (χ4n) is 1.86. The SMILES string of the molecule is Cc1c(C(F)(F)F)cccc1S(=O)(=O)NC(CO)C(C)C. The Morgan fingerprint density at radius 1 is 1.29 bits per heavy atom. The third-order valence-corrected chi connectivity index (χ3v) is 4.82. The lowest BCUT2D eigenvalue weighted by Crippen LogP contribution is -2.41. The Kier molecular flexibility index (Phi) is 5.40. The largest absolute Gasteiger partial charge is 0.416 e. The van der Waals surface area contributed by atoms with E-state index in [1.54, 1.807) is 13.8 Å². The van der Waals surface area contributed by atoms with Gasteiger partial charge in [-0.3, -0.25) is 0 Å². The fraction of sp³-hybridized carbons (Fsp3) is 0.538. The molecule has 0 aromatic heterocycles. The second kappa shape index (κ2) is 6.33. The van der Waals surface area contributed by atoms with Gasteiger partial charge in [0.15, 0.2) is 0 Å². The maximum atomic E-state index is 12.8. The van der Waals surface area contributed by atoms with Crippen molar-refractivity contribution in [1.82, 2.24) is 4.72 Å². The van der Waals surface area contributed by atoms with Crippen molar-refractivity contribution in [2.24, 2.45) is 5.92 Å². The molecular formula is C13H18F3NO3S. The summed E-state index contributed by atoms with van der Waals surface area (Å²) in [5.41, 5.74) is -1.35. The lowest BCUT2D eigenvalue weighted by molar-refractivity contribution is -0.138. The number of hydrogen-bond acceptors (Lipinski definition) is 3. The summed E-state index contributed by atoms with van der Waals surface area (Å²) in [6, 6.07) is 2.24. The van der Waals surface area contributed by atoms with Gasteiger partial charge < -0.3 is 5.11 Å². The van der Waals surface area contributed by atoms with Crippen molar-refractivity contribution in [3.8, 4) is 0 Å². The molecule has 8 heteroatoms. The Morgan fingerprint density at radius 2 is 1.86 bits per heavy atom. The highest BCUT2D eigenvalue weighted by Gasteiger charge is 2.35. The normalized spacial score (nSPS) is 14.5. The van der Waals surface area contributed by atoms with Gasteiger partial charge in [-0.25, -0.2) is 13.1 Å². The Hall–Kier alpha value is -1.12. The van der Waals surface area contributed by atoms with Gasteiger partial charge in [-0.05, 0) is 30.5 Å². The molecule has 1 aromatic carbocycles. The summed E-state index contributed by atoms with van der Waals surface area (Å²) >= 11 is 0. The molecule has 0 aliphatic heterocycles. The van der Waals surface area contributed by atoms with Crippen LogP contribution in [0.5, 0.6) is 0 Å². The van der Waals surface area contributed by atoms with Gasteiger partial charge in [0.2, 0.25) is 10.0 Å². The number of halogens is 3. The van der Waals surface area contributed by atoms with Crippen LogP contribution in [0.2, 0.25) is 0 Å². The minimum atomic E-state index is -4.62. The smallest absolute Gasteiger partial charge is 0.395 e. The van der Waals surface area contributed by atoms with Crippen LogP contribution >= 0.6 is 0 Å². The summed E-state index contributed by atoms with van der Waals surface area (Å²) in [5, 5.41) is 9.15. The Morgan fingerprint density at radius 3 is 2.29 bits per heavy atom. The molecule has 21 heavy (non-hydrogen) atoms. The molecule has 0 aliphatic carbocycles. The molecule has 0 heterocycles. The van der Waals surface area contributed by atoms with Gasteiger partial charge in [0.25, 0.3) is 0 Å². The average Bonchev–Trinajstić information content (AvgIpc) is 2.34. The van der Waals surface area contributed by atoms with E-state index in [4.69, 9.17) is 5.11 Å². The van der Waals surface area contributed by atoms with Crippen molar-refractivity contribution in [2.75, 3.05) is 6.61 Å². The third-order valence-electron chi connectivity index (χ3n) is 3.19. The number of aliphatic hydroxyl groups is 1. The van der Waals surface area contributed by atoms with E-state index >= 15 is 0 Å². The predicted molar refractivity (Wildman–Crippen MR) is 72.2 cm³/mol. The number of rotatable bonds is 5. The van der Waals surface area contributed by atoms with Gasteiger partial charge in [-0.2, -0.15) is 13.2 Å². The van der Waals surface area contributed by atoms with Crippen LogP contribution in [0.4, 0.5) is 13.2 Å². The summed E-state index contributed by atoms with van der Waals surface area (Å²) in [4.78, 5) is -0.434. The molecule has 1 rings (SSSR count). The molecule has 120 valence electrons. The molecule has 0 spiro atoms. The Bertz CT molecular complexity index is 597. The first-order valence-electron chi connectivity index (χ1n) is 6.30. The predicted octanol–water partition coefficient (Wildman–Crippen LogP) is 2.31. The first-order chi connectivity index (χ1) is 9.50. The number of aliphatic hydroxyl groups excluding tert-OH is 1. The maximum absolute atomic E-state index is 12.8. The number of hydrogen-bond donors (Lipinski definition) is 2. The zero-order valence-electron chi connectivity index (χ0n) is 11.9. The first-order valence-corrected chi connectivity index (χ1v) is 7.79. The van der Waals surface area contributed by atoms with Gasteiger partial charge >= 0.3 is 6.18 Å². The number of benzene rings is 1. The zero-order valence-corrected chi connectivity index (χ0v) is 12.7. The highest BCUT2D eigenvalue weighted by atomic mass is 32.2. The van der Waals surface area contributed by atoms with E-state index in [-0.39, 0.29) is 11.5 Å². The van der Waals surface area contributed by atoms with Crippen molar-refractivity contribution in [2.45, 2.75) is 37.9 Å². The van der Waals surface area contributed by atoms with E-state index in [0.29, 0.717) is 0 Å². The third kappa shape index (κ3) is 4.18. The van der Waals surface area contributed by atoms with Crippen molar-refractivity contribution in [3.63, 3.8) is 0 Å². The molecule has 0 amide bonds. The number of alkyl halides is 3. The van der Waals surface area contributed by atoms with Gasteiger partial charge in [-0.1, -0.05) is 19.9 Å². The van der Waals surface area contributed by atoms with E-state index in [2.05, 4.69) is 4.72 Å². The minimum absolute atomic E-state index is 0.198. The van der Waals surface area contributed by atoms with Crippen LogP contribution in [-0.2, 0) is 16.2 Å². The van der Waals surface area contributed by atoms with Crippen LogP contribution < -0.4 is 4.72 Å². The quantitative estimate of drug-likeness (QED) is 0.873. The molecular weight excluding hydrogens is 307 g/mol. The summed E-state index contributed by atoms with van der Waals surface area (Å²) in [6.07, 6.45) is -4.62. The molecule has 2 N–H and O–H groups in total. The molecule has 1 atom stereocenters. The molecule has 4 nitrogen and oxygen atoms in total. The molecule has 1 aromatic rings. The highest BCUT2D eigenvalue weighted by molar-refractivity contribution is 7.89. The monoisotopic (exact) mass is 325 g/mol. The van der Waals surface area contributed by atoms with Crippen LogP contribution in [0.1, 0.15) is 25.0 Å². The number of nitrogens with one attached hydrogen (secondary N) is 1. The highest BCUT2D eigenvalue weighted by Crippen LogP contribution is 2.34. The van der Waals surface area contributed by atoms with Gasteiger partial charge in [0.1, 0.15) is 0 Å². The van der Waals surface area contributed by atoms with Crippen LogP contribution in [0.25, 0.3) is 0 Å². The van der Waals surface area contributed by atoms with Crippen LogP contribution in [-0.4, -0.2) is 26.2 Å². The van der Waals surface area contributed by atoms with Crippen LogP contribution in [0.15, 0.2) is 23.1 Å². The lowest BCUT2D eigenvalue weighted by Gasteiger charge is -2.21. The molecule has 0 bridgehead atoms. The minimum Gasteiger partial charge on any atom is -0.395 e. The molecule has 0 saturated carbocycles. The topological polar surface area (TPSA) is 66.4 Å². The molecule has 0 fully saturated rings. The van der Waals surface area contributed by atoms with Gasteiger partial charge in [0.05, 0.1) is 17.1 Å². The maximum Gasteiger partial charge on any atom is 0.416 e. The summed E-state index contributed by atoms with van der Waals surface area (Å²) in [5.74, 6) is -0.198. The second-order valence-corrected chi connectivity index (χ2v) is 6.76. The van der Waals surface area contributed by atoms with Crippen molar-refractivity contribution < 1.29 is 26.7 Å². The first kappa shape index (κ1) is 17.9. The van der Waals surface area contributed by atoms with Crippen molar-refractivity contribution >= 4 is 10.0 Å². The van der Waals surface area contributed by atoms with E-state index in [1.165, 1.54) is 0 Å². The summed E-state index contributed by atoms with van der Waals surface area (Å²) in [7, 11) is -4.14.